The smallest absolute Gasteiger partial charge is 0.239 e. The lowest BCUT2D eigenvalue weighted by atomic mass is 10.0. The van der Waals surface area contributed by atoms with Crippen LogP contribution in [0.15, 0.2) is 54.6 Å². The topological polar surface area (TPSA) is 79.0 Å². The molecule has 2 atom stereocenters. The standard InChI is InChI=1S/C25H35N3O3/c1-2-3-8-20-9-7-12-23(17-20)31-19-22(29)18-27-13-15-28(16-14-27)24(25(26)30)21-10-5-4-6-11-21/h4-7,9-12,17,22,24,29H,2-3,8,13-16,18-19H2,1H3,(H2,26,30). The predicted molar refractivity (Wildman–Crippen MR) is 123 cm³/mol. The zero-order valence-corrected chi connectivity index (χ0v) is 18.5. The number of primary amides is 1. The molecule has 2 aromatic carbocycles. The van der Waals surface area contributed by atoms with Crippen molar-refractivity contribution < 1.29 is 14.6 Å². The molecular formula is C25H35N3O3. The van der Waals surface area contributed by atoms with Gasteiger partial charge in [-0.25, -0.2) is 0 Å². The van der Waals surface area contributed by atoms with Crippen LogP contribution in [0.5, 0.6) is 5.75 Å². The minimum absolute atomic E-state index is 0.269. The minimum Gasteiger partial charge on any atom is -0.491 e. The van der Waals surface area contributed by atoms with E-state index in [0.717, 1.165) is 43.9 Å². The van der Waals surface area contributed by atoms with E-state index in [4.69, 9.17) is 10.5 Å². The number of piperazine rings is 1. The number of hydrogen-bond donors (Lipinski definition) is 2. The molecule has 0 bridgehead atoms. The fourth-order valence-electron chi connectivity index (χ4n) is 4.11. The van der Waals surface area contributed by atoms with E-state index in [1.54, 1.807) is 0 Å². The van der Waals surface area contributed by atoms with Crippen molar-refractivity contribution in [1.82, 2.24) is 9.80 Å². The fourth-order valence-corrected chi connectivity index (χ4v) is 4.11. The number of amides is 1. The second kappa shape index (κ2) is 11.8. The summed E-state index contributed by atoms with van der Waals surface area (Å²) in [5, 5.41) is 10.5. The summed E-state index contributed by atoms with van der Waals surface area (Å²) in [5.41, 5.74) is 7.90. The Morgan fingerprint density at radius 3 is 2.52 bits per heavy atom. The number of aryl methyl sites for hydroxylation is 1. The van der Waals surface area contributed by atoms with E-state index >= 15 is 0 Å². The van der Waals surface area contributed by atoms with E-state index in [1.807, 2.05) is 42.5 Å². The van der Waals surface area contributed by atoms with Crippen LogP contribution in [-0.2, 0) is 11.2 Å². The largest absolute Gasteiger partial charge is 0.491 e. The van der Waals surface area contributed by atoms with Crippen LogP contribution >= 0.6 is 0 Å². The Morgan fingerprint density at radius 2 is 1.84 bits per heavy atom. The molecule has 6 heteroatoms. The summed E-state index contributed by atoms with van der Waals surface area (Å²) in [6.07, 6.45) is 2.82. The molecule has 2 aromatic rings. The van der Waals surface area contributed by atoms with Crippen LogP contribution in [0.2, 0.25) is 0 Å². The van der Waals surface area contributed by atoms with E-state index in [9.17, 15) is 9.90 Å². The summed E-state index contributed by atoms with van der Waals surface area (Å²) in [4.78, 5) is 16.4. The molecule has 0 aliphatic carbocycles. The molecule has 0 aromatic heterocycles. The predicted octanol–water partition coefficient (Wildman–Crippen LogP) is 2.61. The van der Waals surface area contributed by atoms with Gasteiger partial charge in [-0.15, -0.1) is 0 Å². The van der Waals surface area contributed by atoms with Gasteiger partial charge in [0.2, 0.25) is 5.91 Å². The van der Waals surface area contributed by atoms with Gasteiger partial charge in [-0.1, -0.05) is 55.8 Å². The van der Waals surface area contributed by atoms with Crippen molar-refractivity contribution in [3.05, 3.63) is 65.7 Å². The molecular weight excluding hydrogens is 390 g/mol. The second-order valence-corrected chi connectivity index (χ2v) is 8.27. The number of benzene rings is 2. The van der Waals surface area contributed by atoms with E-state index in [1.165, 1.54) is 18.4 Å². The summed E-state index contributed by atoms with van der Waals surface area (Å²) < 4.78 is 5.83. The van der Waals surface area contributed by atoms with E-state index in [-0.39, 0.29) is 12.5 Å². The SMILES string of the molecule is CCCCc1cccc(OCC(O)CN2CCN(C(C(N)=O)c3ccccc3)CC2)c1. The lowest BCUT2D eigenvalue weighted by molar-refractivity contribution is -0.124. The van der Waals surface area contributed by atoms with Crippen molar-refractivity contribution in [2.75, 3.05) is 39.3 Å². The number of β-amino-alcohol motifs (C(OH)–C–C–N with tert-alkyl or cyclic N) is 1. The maximum absolute atomic E-state index is 12.1. The van der Waals surface area contributed by atoms with Crippen LogP contribution in [0.4, 0.5) is 0 Å². The molecule has 1 fully saturated rings. The summed E-state index contributed by atoms with van der Waals surface area (Å²) >= 11 is 0. The number of nitrogens with zero attached hydrogens (tertiary/aromatic N) is 2. The number of carbonyl (C=O) groups is 1. The number of carbonyl (C=O) groups excluding carboxylic acids is 1. The third-order valence-electron chi connectivity index (χ3n) is 5.79. The zero-order valence-electron chi connectivity index (χ0n) is 18.5. The van der Waals surface area contributed by atoms with E-state index in [0.29, 0.717) is 6.54 Å². The molecule has 1 saturated heterocycles. The van der Waals surface area contributed by atoms with Crippen LogP contribution < -0.4 is 10.5 Å². The first-order chi connectivity index (χ1) is 15.1. The van der Waals surface area contributed by atoms with Gasteiger partial charge >= 0.3 is 0 Å². The van der Waals surface area contributed by atoms with Crippen LogP contribution in [0.3, 0.4) is 0 Å². The lowest BCUT2D eigenvalue weighted by Crippen LogP contribution is -2.52. The molecule has 3 N–H and O–H groups in total. The molecule has 0 spiro atoms. The molecule has 3 rings (SSSR count). The molecule has 1 aliphatic heterocycles. The average Bonchev–Trinajstić information content (AvgIpc) is 2.78. The normalized spacial score (nSPS) is 17.2. The Bertz CT molecular complexity index is 807. The third kappa shape index (κ3) is 7.06. The molecule has 0 saturated carbocycles. The van der Waals surface area contributed by atoms with Crippen molar-refractivity contribution in [2.24, 2.45) is 5.73 Å². The molecule has 0 radical (unpaired) electrons. The van der Waals surface area contributed by atoms with E-state index < -0.39 is 12.1 Å². The monoisotopic (exact) mass is 425 g/mol. The van der Waals surface area contributed by atoms with Crippen LogP contribution in [-0.4, -0.2) is 66.2 Å². The van der Waals surface area contributed by atoms with Crippen molar-refractivity contribution in [3.8, 4) is 5.75 Å². The molecule has 1 amide bonds. The highest BCUT2D eigenvalue weighted by atomic mass is 16.5. The number of unbranched alkanes of at least 4 members (excludes halogenated alkanes) is 1. The average molecular weight is 426 g/mol. The molecule has 31 heavy (non-hydrogen) atoms. The Hall–Kier alpha value is -2.41. The van der Waals surface area contributed by atoms with Gasteiger partial charge in [0, 0.05) is 32.7 Å². The number of hydrogen-bond acceptors (Lipinski definition) is 5. The number of nitrogens with two attached hydrogens (primary N) is 1. The Balaban J connectivity index is 1.44. The third-order valence-corrected chi connectivity index (χ3v) is 5.79. The van der Waals surface area contributed by atoms with Gasteiger partial charge in [0.15, 0.2) is 0 Å². The van der Waals surface area contributed by atoms with Gasteiger partial charge in [-0.2, -0.15) is 0 Å². The fraction of sp³-hybridized carbons (Fsp3) is 0.480. The Kier molecular flexibility index (Phi) is 8.88. The summed E-state index contributed by atoms with van der Waals surface area (Å²) in [6, 6.07) is 17.4. The molecule has 6 nitrogen and oxygen atoms in total. The first-order valence-corrected chi connectivity index (χ1v) is 11.3. The quantitative estimate of drug-likeness (QED) is 0.579. The molecule has 168 valence electrons. The molecule has 1 heterocycles. The van der Waals surface area contributed by atoms with Crippen molar-refractivity contribution in [3.63, 3.8) is 0 Å². The highest BCUT2D eigenvalue weighted by molar-refractivity contribution is 5.81. The number of ether oxygens (including phenoxy) is 1. The van der Waals surface area contributed by atoms with Crippen molar-refractivity contribution in [2.45, 2.75) is 38.3 Å². The van der Waals surface area contributed by atoms with Crippen LogP contribution in [0.25, 0.3) is 0 Å². The minimum atomic E-state index is -0.563. The number of aliphatic hydroxyl groups is 1. The Morgan fingerprint density at radius 1 is 1.10 bits per heavy atom. The van der Waals surface area contributed by atoms with Crippen molar-refractivity contribution in [1.29, 1.82) is 0 Å². The molecule has 2 unspecified atom stereocenters. The highest BCUT2D eigenvalue weighted by Gasteiger charge is 2.29. The summed E-state index contributed by atoms with van der Waals surface area (Å²) in [6.45, 7) is 6.03. The van der Waals surface area contributed by atoms with Crippen molar-refractivity contribution >= 4 is 5.91 Å². The maximum atomic E-state index is 12.1. The first kappa shape index (κ1) is 23.3. The number of aliphatic hydroxyl groups excluding tert-OH is 1. The molecule has 1 aliphatic rings. The highest BCUT2D eigenvalue weighted by Crippen LogP contribution is 2.22. The Labute approximate surface area is 185 Å². The summed E-state index contributed by atoms with van der Waals surface area (Å²) in [7, 11) is 0. The van der Waals surface area contributed by atoms with Gasteiger partial charge < -0.3 is 15.6 Å². The van der Waals surface area contributed by atoms with Crippen LogP contribution in [0.1, 0.15) is 36.9 Å². The zero-order chi connectivity index (χ0) is 22.1. The van der Waals surface area contributed by atoms with Gasteiger partial charge in [0.05, 0.1) is 0 Å². The number of rotatable bonds is 11. The van der Waals surface area contributed by atoms with Gasteiger partial charge in [0.25, 0.3) is 0 Å². The maximum Gasteiger partial charge on any atom is 0.239 e. The first-order valence-electron chi connectivity index (χ1n) is 11.3. The lowest BCUT2D eigenvalue weighted by Gasteiger charge is -2.38. The van der Waals surface area contributed by atoms with Crippen LogP contribution in [0, 0.1) is 0 Å². The second-order valence-electron chi connectivity index (χ2n) is 8.27. The van der Waals surface area contributed by atoms with E-state index in [2.05, 4.69) is 28.9 Å². The van der Waals surface area contributed by atoms with Gasteiger partial charge in [-0.05, 0) is 36.1 Å². The summed E-state index contributed by atoms with van der Waals surface area (Å²) in [5.74, 6) is 0.485. The van der Waals surface area contributed by atoms with Gasteiger partial charge in [-0.3, -0.25) is 14.6 Å². The van der Waals surface area contributed by atoms with Gasteiger partial charge in [0.1, 0.15) is 24.5 Å².